The van der Waals surface area contributed by atoms with Crippen LogP contribution in [0, 0.1) is 0 Å². The molecule has 1 aromatic heterocycles. The number of carbonyl (C=O) groups excluding carboxylic acids is 1. The molecule has 1 amide bonds. The molecule has 0 aliphatic carbocycles. The van der Waals surface area contributed by atoms with Gasteiger partial charge in [0.1, 0.15) is 11.6 Å². The van der Waals surface area contributed by atoms with Gasteiger partial charge in [-0.2, -0.15) is 0 Å². The molecular weight excluding hydrogens is 326 g/mol. The maximum Gasteiger partial charge on any atom is 0.220 e. The van der Waals surface area contributed by atoms with E-state index in [0.717, 1.165) is 35.8 Å². The van der Waals surface area contributed by atoms with Crippen LogP contribution in [0.2, 0.25) is 0 Å². The first-order chi connectivity index (χ1) is 12.8. The highest BCUT2D eigenvalue weighted by atomic mass is 16.5. The predicted octanol–water partition coefficient (Wildman–Crippen LogP) is 3.33. The van der Waals surface area contributed by atoms with E-state index in [2.05, 4.69) is 15.2 Å². The summed E-state index contributed by atoms with van der Waals surface area (Å²) in [6.07, 6.45) is 5.47. The van der Waals surface area contributed by atoms with Gasteiger partial charge in [-0.25, -0.2) is 4.98 Å². The van der Waals surface area contributed by atoms with Gasteiger partial charge < -0.3 is 15.0 Å². The molecule has 3 rings (SSSR count). The highest BCUT2D eigenvalue weighted by Crippen LogP contribution is 2.20. The molecule has 0 saturated carbocycles. The van der Waals surface area contributed by atoms with Crippen molar-refractivity contribution in [2.24, 2.45) is 0 Å². The topological polar surface area (TPSA) is 54.5 Å². The normalized spacial score (nSPS) is 13.7. The zero-order valence-corrected chi connectivity index (χ0v) is 15.4. The number of nitrogens with zero attached hydrogens (tertiary/aromatic N) is 2. The molecule has 2 heterocycles. The lowest BCUT2D eigenvalue weighted by Gasteiger charge is -2.16. The maximum absolute atomic E-state index is 12.2. The van der Waals surface area contributed by atoms with Gasteiger partial charge in [-0.05, 0) is 49.4 Å². The molecule has 1 aliphatic rings. The number of pyridine rings is 1. The quantitative estimate of drug-likeness (QED) is 0.791. The van der Waals surface area contributed by atoms with Crippen LogP contribution in [0.25, 0.3) is 0 Å². The van der Waals surface area contributed by atoms with Gasteiger partial charge >= 0.3 is 0 Å². The molecular formula is C21H27N3O2. The van der Waals surface area contributed by atoms with Crippen LogP contribution in [0.1, 0.15) is 37.3 Å². The number of benzene rings is 1. The van der Waals surface area contributed by atoms with Crippen molar-refractivity contribution in [1.29, 1.82) is 0 Å². The van der Waals surface area contributed by atoms with Gasteiger partial charge in [0.25, 0.3) is 0 Å². The lowest BCUT2D eigenvalue weighted by atomic mass is 10.1. The van der Waals surface area contributed by atoms with Gasteiger partial charge in [-0.3, -0.25) is 4.79 Å². The van der Waals surface area contributed by atoms with E-state index in [1.165, 1.54) is 12.8 Å². The minimum Gasteiger partial charge on any atom is -0.494 e. The standard InChI is InChI=1S/C21H27N3O2/c1-2-26-19-8-4-3-7-18(19)10-12-21(25)23-16-17-9-11-20(22-15-17)24-13-5-6-14-24/h3-4,7-9,11,15H,2,5-6,10,12-14,16H2,1H3,(H,23,25). The average Bonchev–Trinajstić information content (AvgIpc) is 3.21. The van der Waals surface area contributed by atoms with Crippen LogP contribution in [0.5, 0.6) is 5.75 Å². The predicted molar refractivity (Wildman–Crippen MR) is 103 cm³/mol. The molecule has 1 saturated heterocycles. The van der Waals surface area contributed by atoms with Crippen LogP contribution in [0.4, 0.5) is 5.82 Å². The van der Waals surface area contributed by atoms with Gasteiger partial charge in [-0.15, -0.1) is 0 Å². The van der Waals surface area contributed by atoms with Crippen LogP contribution >= 0.6 is 0 Å². The number of amides is 1. The first-order valence-electron chi connectivity index (χ1n) is 9.43. The van der Waals surface area contributed by atoms with E-state index in [4.69, 9.17) is 4.74 Å². The van der Waals surface area contributed by atoms with Crippen molar-refractivity contribution in [3.05, 3.63) is 53.7 Å². The molecule has 0 atom stereocenters. The molecule has 1 N–H and O–H groups in total. The third kappa shape index (κ3) is 4.97. The summed E-state index contributed by atoms with van der Waals surface area (Å²) in [6, 6.07) is 12.0. The number of para-hydroxylation sites is 1. The zero-order chi connectivity index (χ0) is 18.2. The van der Waals surface area contributed by atoms with Gasteiger partial charge in [0.05, 0.1) is 6.61 Å². The Morgan fingerprint density at radius 2 is 2.00 bits per heavy atom. The third-order valence-corrected chi connectivity index (χ3v) is 4.62. The van der Waals surface area contributed by atoms with Crippen molar-refractivity contribution in [2.45, 2.75) is 39.2 Å². The fourth-order valence-electron chi connectivity index (χ4n) is 3.20. The van der Waals surface area contributed by atoms with Crippen molar-refractivity contribution in [2.75, 3.05) is 24.6 Å². The fraction of sp³-hybridized carbons (Fsp3) is 0.429. The number of hydrogen-bond donors (Lipinski definition) is 1. The van der Waals surface area contributed by atoms with Gasteiger partial charge in [0.2, 0.25) is 5.91 Å². The second-order valence-electron chi connectivity index (χ2n) is 6.54. The number of ether oxygens (including phenoxy) is 1. The molecule has 1 aromatic carbocycles. The summed E-state index contributed by atoms with van der Waals surface area (Å²) < 4.78 is 5.61. The second kappa shape index (κ2) is 9.22. The molecule has 0 bridgehead atoms. The minimum absolute atomic E-state index is 0.0416. The van der Waals surface area contributed by atoms with Crippen LogP contribution in [0.15, 0.2) is 42.6 Å². The van der Waals surface area contributed by atoms with Crippen molar-refractivity contribution in [3.63, 3.8) is 0 Å². The average molecular weight is 353 g/mol. The Morgan fingerprint density at radius 1 is 1.19 bits per heavy atom. The number of rotatable bonds is 8. The highest BCUT2D eigenvalue weighted by Gasteiger charge is 2.13. The summed E-state index contributed by atoms with van der Waals surface area (Å²) >= 11 is 0. The van der Waals surface area contributed by atoms with Crippen LogP contribution in [-0.2, 0) is 17.8 Å². The fourth-order valence-corrected chi connectivity index (χ4v) is 3.20. The van der Waals surface area contributed by atoms with E-state index < -0.39 is 0 Å². The number of anilines is 1. The molecule has 0 spiro atoms. The Kier molecular flexibility index (Phi) is 6.47. The van der Waals surface area contributed by atoms with Crippen LogP contribution in [0.3, 0.4) is 0 Å². The van der Waals surface area contributed by atoms with Crippen molar-refractivity contribution in [3.8, 4) is 5.75 Å². The minimum atomic E-state index is 0.0416. The molecule has 0 radical (unpaired) electrons. The lowest BCUT2D eigenvalue weighted by Crippen LogP contribution is -2.23. The van der Waals surface area contributed by atoms with E-state index in [1.807, 2.05) is 49.5 Å². The number of hydrogen-bond acceptors (Lipinski definition) is 4. The molecule has 2 aromatic rings. The summed E-state index contributed by atoms with van der Waals surface area (Å²) in [6.45, 7) is 5.29. The molecule has 1 aliphatic heterocycles. The number of carbonyl (C=O) groups is 1. The highest BCUT2D eigenvalue weighted by molar-refractivity contribution is 5.76. The Bertz CT molecular complexity index is 709. The number of aryl methyl sites for hydroxylation is 1. The lowest BCUT2D eigenvalue weighted by molar-refractivity contribution is -0.121. The van der Waals surface area contributed by atoms with Crippen molar-refractivity contribution in [1.82, 2.24) is 10.3 Å². The Hall–Kier alpha value is -2.56. The van der Waals surface area contributed by atoms with E-state index in [9.17, 15) is 4.79 Å². The summed E-state index contributed by atoms with van der Waals surface area (Å²) in [4.78, 5) is 19.0. The van der Waals surface area contributed by atoms with E-state index >= 15 is 0 Å². The molecule has 5 nitrogen and oxygen atoms in total. The van der Waals surface area contributed by atoms with Crippen LogP contribution in [-0.4, -0.2) is 30.6 Å². The zero-order valence-electron chi connectivity index (χ0n) is 15.4. The summed E-state index contributed by atoms with van der Waals surface area (Å²) in [5, 5.41) is 2.98. The SMILES string of the molecule is CCOc1ccccc1CCC(=O)NCc1ccc(N2CCCC2)nc1. The Morgan fingerprint density at radius 3 is 2.73 bits per heavy atom. The summed E-state index contributed by atoms with van der Waals surface area (Å²) in [7, 11) is 0. The number of nitrogens with one attached hydrogen (secondary N) is 1. The molecule has 5 heteroatoms. The smallest absolute Gasteiger partial charge is 0.220 e. The largest absolute Gasteiger partial charge is 0.494 e. The van der Waals surface area contributed by atoms with E-state index in [-0.39, 0.29) is 5.91 Å². The monoisotopic (exact) mass is 353 g/mol. The first kappa shape index (κ1) is 18.2. The molecule has 0 unspecified atom stereocenters. The maximum atomic E-state index is 12.2. The van der Waals surface area contributed by atoms with Crippen molar-refractivity contribution < 1.29 is 9.53 Å². The molecule has 26 heavy (non-hydrogen) atoms. The first-order valence-corrected chi connectivity index (χ1v) is 9.43. The van der Waals surface area contributed by atoms with E-state index in [1.54, 1.807) is 0 Å². The Balaban J connectivity index is 1.45. The van der Waals surface area contributed by atoms with Crippen LogP contribution < -0.4 is 15.0 Å². The molecule has 138 valence electrons. The Labute approximate surface area is 155 Å². The summed E-state index contributed by atoms with van der Waals surface area (Å²) in [5.74, 6) is 1.94. The van der Waals surface area contributed by atoms with Gasteiger partial charge in [-0.1, -0.05) is 24.3 Å². The third-order valence-electron chi connectivity index (χ3n) is 4.62. The van der Waals surface area contributed by atoms with Gasteiger partial charge in [0.15, 0.2) is 0 Å². The number of aromatic nitrogens is 1. The summed E-state index contributed by atoms with van der Waals surface area (Å²) in [5.41, 5.74) is 2.09. The molecule has 1 fully saturated rings. The van der Waals surface area contributed by atoms with Crippen molar-refractivity contribution >= 4 is 11.7 Å². The second-order valence-corrected chi connectivity index (χ2v) is 6.54. The van der Waals surface area contributed by atoms with Gasteiger partial charge in [0, 0.05) is 32.3 Å². The van der Waals surface area contributed by atoms with E-state index in [0.29, 0.717) is 26.0 Å².